The van der Waals surface area contributed by atoms with Gasteiger partial charge in [0.1, 0.15) is 0 Å². The molecule has 0 aromatic rings. The molecule has 0 N–H and O–H groups in total. The first-order chi connectivity index (χ1) is 4.83. The molecule has 0 unspecified atom stereocenters. The minimum absolute atomic E-state index is 0. The Morgan fingerprint density at radius 3 is 0.917 bits per heavy atom. The van der Waals surface area contributed by atoms with Gasteiger partial charge in [-0.2, -0.15) is 0 Å². The van der Waals surface area contributed by atoms with Crippen molar-refractivity contribution in [2.75, 3.05) is 42.3 Å². The third kappa shape index (κ3) is 3.11. The molecule has 0 aromatic carbocycles. The molecule has 6 heteroatoms. The second kappa shape index (κ2) is 5.76. The van der Waals surface area contributed by atoms with E-state index in [1.54, 1.807) is 14.0 Å². The predicted molar refractivity (Wildman–Crippen MR) is 55.8 cm³/mol. The van der Waals surface area contributed by atoms with E-state index in [1.807, 2.05) is 42.3 Å². The first-order valence-electron chi connectivity index (χ1n) is 3.47. The molecule has 4 nitrogen and oxygen atoms in total. The zero-order valence-electron chi connectivity index (χ0n) is 8.20. The van der Waals surface area contributed by atoms with Crippen LogP contribution in [-0.2, 0) is 4.57 Å². The van der Waals surface area contributed by atoms with Crippen LogP contribution in [0.15, 0.2) is 0 Å². The Labute approximate surface area is 97.7 Å². The molecule has 0 saturated carbocycles. The van der Waals surface area contributed by atoms with Gasteiger partial charge in [-0.1, -0.05) is 0 Å². The van der Waals surface area contributed by atoms with E-state index in [9.17, 15) is 4.57 Å². The molecular formula is C6H19N3NaOP. The standard InChI is InChI=1S/C6H18N3OP.Na.H/c1-7(2)11(10,8(3)4)9(5)6;;/h1-6H3;;. The van der Waals surface area contributed by atoms with Crippen molar-refractivity contribution in [3.05, 3.63) is 0 Å². The van der Waals surface area contributed by atoms with Crippen molar-refractivity contribution in [1.82, 2.24) is 14.0 Å². The van der Waals surface area contributed by atoms with Crippen LogP contribution >= 0.6 is 7.59 Å². The van der Waals surface area contributed by atoms with Gasteiger partial charge in [0.05, 0.1) is 0 Å². The van der Waals surface area contributed by atoms with E-state index < -0.39 is 7.59 Å². The van der Waals surface area contributed by atoms with Crippen molar-refractivity contribution in [1.29, 1.82) is 0 Å². The molecule has 0 saturated heterocycles. The Hall–Kier alpha value is 1.11. The SMILES string of the molecule is CN(C)P(=O)(N(C)C)N(C)C.[NaH]. The summed E-state index contributed by atoms with van der Waals surface area (Å²) in [5.41, 5.74) is 0. The van der Waals surface area contributed by atoms with Gasteiger partial charge in [-0.05, 0) is 42.3 Å². The van der Waals surface area contributed by atoms with Crippen LogP contribution in [0.3, 0.4) is 0 Å². The van der Waals surface area contributed by atoms with Crippen molar-refractivity contribution in [2.45, 2.75) is 0 Å². The maximum atomic E-state index is 12.1. The summed E-state index contributed by atoms with van der Waals surface area (Å²) in [6.07, 6.45) is 0. The van der Waals surface area contributed by atoms with Crippen LogP contribution in [0.2, 0.25) is 0 Å². The monoisotopic (exact) mass is 203 g/mol. The fourth-order valence-electron chi connectivity index (χ4n) is 1.07. The van der Waals surface area contributed by atoms with Crippen LogP contribution in [0.5, 0.6) is 0 Å². The first kappa shape index (κ1) is 15.6. The predicted octanol–water partition coefficient (Wildman–Crippen LogP) is 0.131. The quantitative estimate of drug-likeness (QED) is 0.481. The van der Waals surface area contributed by atoms with Crippen LogP contribution < -0.4 is 0 Å². The van der Waals surface area contributed by atoms with Crippen LogP contribution in [0.25, 0.3) is 0 Å². The van der Waals surface area contributed by atoms with Crippen LogP contribution in [0, 0.1) is 0 Å². The molecular weight excluding hydrogens is 184 g/mol. The van der Waals surface area contributed by atoms with Crippen LogP contribution in [0.1, 0.15) is 0 Å². The maximum absolute atomic E-state index is 12.1. The normalized spacial score (nSPS) is 12.4. The van der Waals surface area contributed by atoms with E-state index in [-0.39, 0.29) is 29.6 Å². The van der Waals surface area contributed by atoms with Crippen molar-refractivity contribution in [3.8, 4) is 0 Å². The molecule has 70 valence electrons. The third-order valence-corrected chi connectivity index (χ3v) is 4.69. The van der Waals surface area contributed by atoms with Gasteiger partial charge < -0.3 is 0 Å². The number of nitrogens with zero attached hydrogens (tertiary/aromatic N) is 3. The van der Waals surface area contributed by atoms with Crippen molar-refractivity contribution >= 4 is 37.2 Å². The zero-order valence-corrected chi connectivity index (χ0v) is 9.09. The molecule has 0 rings (SSSR count). The van der Waals surface area contributed by atoms with Gasteiger partial charge >= 0.3 is 29.6 Å². The third-order valence-electron chi connectivity index (χ3n) is 1.56. The van der Waals surface area contributed by atoms with E-state index >= 15 is 0 Å². The Morgan fingerprint density at radius 1 is 0.750 bits per heavy atom. The zero-order chi connectivity index (χ0) is 9.23. The summed E-state index contributed by atoms with van der Waals surface area (Å²) in [5.74, 6) is 0. The fraction of sp³-hybridized carbons (Fsp3) is 1.00. The van der Waals surface area contributed by atoms with Crippen LogP contribution in [0.4, 0.5) is 0 Å². The van der Waals surface area contributed by atoms with Crippen molar-refractivity contribution in [3.63, 3.8) is 0 Å². The molecule has 12 heavy (non-hydrogen) atoms. The van der Waals surface area contributed by atoms with Gasteiger partial charge in [-0.15, -0.1) is 0 Å². The van der Waals surface area contributed by atoms with E-state index in [0.29, 0.717) is 0 Å². The van der Waals surface area contributed by atoms with Gasteiger partial charge in [0.2, 0.25) is 0 Å². The van der Waals surface area contributed by atoms with E-state index in [1.165, 1.54) is 0 Å². The topological polar surface area (TPSA) is 26.8 Å². The molecule has 0 aromatic heterocycles. The molecule has 0 aliphatic heterocycles. The second-order valence-corrected chi connectivity index (χ2v) is 6.48. The molecule has 0 aliphatic carbocycles. The molecule has 0 bridgehead atoms. The molecule has 0 aliphatic rings. The van der Waals surface area contributed by atoms with E-state index in [4.69, 9.17) is 0 Å². The molecule has 0 spiro atoms. The van der Waals surface area contributed by atoms with Gasteiger partial charge in [-0.25, -0.2) is 14.0 Å². The van der Waals surface area contributed by atoms with Crippen molar-refractivity contribution < 1.29 is 4.57 Å². The van der Waals surface area contributed by atoms with Crippen LogP contribution in [-0.4, -0.2) is 85.9 Å². The second-order valence-electron chi connectivity index (χ2n) is 3.05. The van der Waals surface area contributed by atoms with Gasteiger partial charge in [0, 0.05) is 0 Å². The van der Waals surface area contributed by atoms with Crippen molar-refractivity contribution in [2.24, 2.45) is 0 Å². The molecule has 0 atom stereocenters. The summed E-state index contributed by atoms with van der Waals surface area (Å²) in [5, 5.41) is 0. The summed E-state index contributed by atoms with van der Waals surface area (Å²) in [6, 6.07) is 0. The van der Waals surface area contributed by atoms with E-state index in [0.717, 1.165) is 0 Å². The van der Waals surface area contributed by atoms with Gasteiger partial charge in [-0.3, -0.25) is 4.57 Å². The molecule has 0 radical (unpaired) electrons. The molecule has 0 heterocycles. The summed E-state index contributed by atoms with van der Waals surface area (Å²) in [7, 11) is 8.49. The Morgan fingerprint density at radius 2 is 0.917 bits per heavy atom. The molecule has 0 amide bonds. The summed E-state index contributed by atoms with van der Waals surface area (Å²) in [6.45, 7) is 0. The summed E-state index contributed by atoms with van der Waals surface area (Å²) < 4.78 is 17.3. The van der Waals surface area contributed by atoms with Gasteiger partial charge in [0.15, 0.2) is 0 Å². The number of hydrogen-bond donors (Lipinski definition) is 0. The molecule has 0 fully saturated rings. The fourth-order valence-corrected chi connectivity index (χ4v) is 3.22. The number of rotatable bonds is 3. The Bertz CT molecular complexity index is 144. The minimum atomic E-state index is -2.44. The van der Waals surface area contributed by atoms with E-state index in [2.05, 4.69) is 0 Å². The van der Waals surface area contributed by atoms with Gasteiger partial charge in [0.25, 0.3) is 7.59 Å². The average Bonchev–Trinajstić information content (AvgIpc) is 1.84. The summed E-state index contributed by atoms with van der Waals surface area (Å²) >= 11 is 0. The first-order valence-corrected chi connectivity index (χ1v) is 5.03. The number of hydrogen-bond acceptors (Lipinski definition) is 1. The summed E-state index contributed by atoms with van der Waals surface area (Å²) in [4.78, 5) is 0. The Kier molecular flexibility index (Phi) is 7.48. The average molecular weight is 203 g/mol. The Balaban J connectivity index is 0.